The van der Waals surface area contributed by atoms with Crippen LogP contribution in [0, 0.1) is 11.8 Å². The van der Waals surface area contributed by atoms with Crippen LogP contribution in [0.4, 0.5) is 19.1 Å². The molecule has 3 heterocycles. The molecule has 0 bridgehead atoms. The van der Waals surface area contributed by atoms with Gasteiger partial charge in [-0.1, -0.05) is 0 Å². The van der Waals surface area contributed by atoms with Crippen LogP contribution in [0.5, 0.6) is 0 Å². The lowest BCUT2D eigenvalue weighted by atomic mass is 9.89. The van der Waals surface area contributed by atoms with Crippen LogP contribution in [0.1, 0.15) is 13.3 Å². The first kappa shape index (κ1) is 21.9. The van der Waals surface area contributed by atoms with E-state index in [9.17, 15) is 18.0 Å². The number of fused-ring (bicyclic) bond motifs is 1. The van der Waals surface area contributed by atoms with Crippen molar-refractivity contribution >= 4 is 17.8 Å². The quantitative estimate of drug-likeness (QED) is 0.811. The highest BCUT2D eigenvalue weighted by Gasteiger charge is 2.39. The molecule has 28 heavy (non-hydrogen) atoms. The third-order valence-corrected chi connectivity index (χ3v) is 4.66. The normalized spacial score (nSPS) is 21.6. The van der Waals surface area contributed by atoms with E-state index in [0.29, 0.717) is 18.4 Å². The Labute approximate surface area is 160 Å². The molecule has 11 heteroatoms. The summed E-state index contributed by atoms with van der Waals surface area (Å²) in [6, 6.07) is 1.83. The molecule has 1 amide bonds. The minimum Gasteiger partial charge on any atom is -0.475 e. The van der Waals surface area contributed by atoms with E-state index in [1.54, 1.807) is 12.4 Å². The monoisotopic (exact) mass is 404 g/mol. The maximum Gasteiger partial charge on any atom is 0.490 e. The zero-order valence-electron chi connectivity index (χ0n) is 15.4. The van der Waals surface area contributed by atoms with Gasteiger partial charge in [-0.2, -0.15) is 13.2 Å². The summed E-state index contributed by atoms with van der Waals surface area (Å²) in [5.74, 6) is -0.708. The van der Waals surface area contributed by atoms with E-state index in [4.69, 9.17) is 14.6 Å². The van der Waals surface area contributed by atoms with Gasteiger partial charge in [-0.3, -0.25) is 4.79 Å². The summed E-state index contributed by atoms with van der Waals surface area (Å²) in [6.07, 6.45) is -0.427. The van der Waals surface area contributed by atoms with Gasteiger partial charge in [0.05, 0.1) is 0 Å². The Kier molecular flexibility index (Phi) is 7.55. The molecular formula is C17H23F3N4O4. The number of nitrogens with zero attached hydrogens (tertiary/aromatic N) is 4. The standard InChI is InChI=1S/C15H22N4O2.C2HF3O2/c1-2-21-11-14(20)19-8-12-4-7-18(9-13(12)10-19)15-16-5-3-6-17-15;3-2(4,5)1(6)7/h3,5-6,12-13H,2,4,7-11H2,1H3;(H,6,7)/t12-,13+;/m0./s1. The average Bonchev–Trinajstić information content (AvgIpc) is 3.10. The number of halogens is 3. The zero-order valence-corrected chi connectivity index (χ0v) is 15.4. The van der Waals surface area contributed by atoms with Gasteiger partial charge < -0.3 is 19.6 Å². The maximum absolute atomic E-state index is 12.1. The van der Waals surface area contributed by atoms with E-state index >= 15 is 0 Å². The molecule has 1 aromatic heterocycles. The molecule has 0 spiro atoms. The number of alkyl halides is 3. The van der Waals surface area contributed by atoms with Gasteiger partial charge in [0.25, 0.3) is 0 Å². The molecule has 1 N–H and O–H groups in total. The number of carboxylic acids is 1. The van der Waals surface area contributed by atoms with Crippen molar-refractivity contribution in [2.45, 2.75) is 19.5 Å². The molecule has 2 atom stereocenters. The van der Waals surface area contributed by atoms with Crippen molar-refractivity contribution in [1.29, 1.82) is 0 Å². The molecule has 2 aliphatic heterocycles. The Morgan fingerprint density at radius 3 is 2.39 bits per heavy atom. The summed E-state index contributed by atoms with van der Waals surface area (Å²) in [6.45, 7) is 6.33. The van der Waals surface area contributed by atoms with Gasteiger partial charge in [-0.15, -0.1) is 0 Å². The van der Waals surface area contributed by atoms with E-state index in [-0.39, 0.29) is 12.5 Å². The molecule has 0 unspecified atom stereocenters. The topological polar surface area (TPSA) is 95.9 Å². The predicted octanol–water partition coefficient (Wildman–Crippen LogP) is 1.43. The molecule has 8 nitrogen and oxygen atoms in total. The fourth-order valence-corrected chi connectivity index (χ4v) is 3.29. The smallest absolute Gasteiger partial charge is 0.475 e. The highest BCUT2D eigenvalue weighted by molar-refractivity contribution is 5.77. The molecule has 0 saturated carbocycles. The molecule has 0 radical (unpaired) electrons. The van der Waals surface area contributed by atoms with Crippen molar-refractivity contribution in [1.82, 2.24) is 14.9 Å². The Bertz CT molecular complexity index is 660. The number of aromatic nitrogens is 2. The summed E-state index contributed by atoms with van der Waals surface area (Å²) >= 11 is 0. The first-order valence-corrected chi connectivity index (χ1v) is 8.90. The van der Waals surface area contributed by atoms with Crippen molar-refractivity contribution in [3.63, 3.8) is 0 Å². The number of amides is 1. The summed E-state index contributed by atoms with van der Waals surface area (Å²) in [5, 5.41) is 7.12. The summed E-state index contributed by atoms with van der Waals surface area (Å²) < 4.78 is 37.0. The Morgan fingerprint density at radius 1 is 1.21 bits per heavy atom. The van der Waals surface area contributed by atoms with E-state index in [1.165, 1.54) is 0 Å². The predicted molar refractivity (Wildman–Crippen MR) is 92.6 cm³/mol. The second-order valence-corrected chi connectivity index (χ2v) is 6.54. The largest absolute Gasteiger partial charge is 0.490 e. The van der Waals surface area contributed by atoms with E-state index in [2.05, 4.69) is 14.9 Å². The highest BCUT2D eigenvalue weighted by atomic mass is 19.4. The lowest BCUT2D eigenvalue weighted by Crippen LogP contribution is -2.40. The number of likely N-dealkylation sites (tertiary alicyclic amines) is 1. The SMILES string of the molecule is CCOCC(=O)N1C[C@@H]2CCN(c3ncccn3)C[C@@H]2C1.O=C(O)C(F)(F)F. The fraction of sp³-hybridized carbons (Fsp3) is 0.647. The van der Waals surface area contributed by atoms with Gasteiger partial charge in [-0.05, 0) is 31.2 Å². The van der Waals surface area contributed by atoms with Crippen LogP contribution in [-0.4, -0.2) is 77.4 Å². The molecule has 0 aliphatic carbocycles. The van der Waals surface area contributed by atoms with Crippen molar-refractivity contribution in [3.05, 3.63) is 18.5 Å². The molecular weight excluding hydrogens is 381 g/mol. The minimum atomic E-state index is -5.08. The van der Waals surface area contributed by atoms with E-state index < -0.39 is 12.1 Å². The van der Waals surface area contributed by atoms with Crippen LogP contribution in [0.2, 0.25) is 0 Å². The lowest BCUT2D eigenvalue weighted by Gasteiger charge is -2.34. The lowest BCUT2D eigenvalue weighted by molar-refractivity contribution is -0.192. The molecule has 156 valence electrons. The molecule has 3 rings (SSSR count). The number of carboxylic acid groups (broad SMARTS) is 1. The van der Waals surface area contributed by atoms with Crippen molar-refractivity contribution < 1.29 is 32.6 Å². The second kappa shape index (κ2) is 9.67. The number of hydrogen-bond donors (Lipinski definition) is 1. The Balaban J connectivity index is 0.000000345. The van der Waals surface area contributed by atoms with Crippen molar-refractivity contribution in [2.75, 3.05) is 44.3 Å². The van der Waals surface area contributed by atoms with Gasteiger partial charge in [0, 0.05) is 45.2 Å². The van der Waals surface area contributed by atoms with Crippen LogP contribution in [0.3, 0.4) is 0 Å². The van der Waals surface area contributed by atoms with Crippen molar-refractivity contribution in [2.24, 2.45) is 11.8 Å². The first-order valence-electron chi connectivity index (χ1n) is 8.90. The number of aliphatic carboxylic acids is 1. The number of hydrogen-bond acceptors (Lipinski definition) is 6. The van der Waals surface area contributed by atoms with Crippen molar-refractivity contribution in [3.8, 4) is 0 Å². The number of ether oxygens (including phenoxy) is 1. The zero-order chi connectivity index (χ0) is 20.7. The number of piperidine rings is 1. The molecule has 2 aliphatic rings. The number of anilines is 1. The van der Waals surface area contributed by atoms with E-state index in [0.717, 1.165) is 38.5 Å². The molecule has 2 fully saturated rings. The highest BCUT2D eigenvalue weighted by Crippen LogP contribution is 2.32. The summed E-state index contributed by atoms with van der Waals surface area (Å²) in [4.78, 5) is 33.8. The van der Waals surface area contributed by atoms with Gasteiger partial charge >= 0.3 is 12.1 Å². The number of rotatable bonds is 4. The Hall–Kier alpha value is -2.43. The number of carbonyl (C=O) groups is 2. The first-order chi connectivity index (χ1) is 13.2. The fourth-order valence-electron chi connectivity index (χ4n) is 3.29. The van der Waals surface area contributed by atoms with E-state index in [1.807, 2.05) is 17.9 Å². The summed E-state index contributed by atoms with van der Waals surface area (Å²) in [7, 11) is 0. The maximum atomic E-state index is 12.1. The van der Waals surface area contributed by atoms with Gasteiger partial charge in [0.2, 0.25) is 11.9 Å². The van der Waals surface area contributed by atoms with Gasteiger partial charge in [0.15, 0.2) is 0 Å². The Morgan fingerprint density at radius 2 is 1.82 bits per heavy atom. The second-order valence-electron chi connectivity index (χ2n) is 6.54. The third-order valence-electron chi connectivity index (χ3n) is 4.66. The summed E-state index contributed by atoms with van der Waals surface area (Å²) in [5.41, 5.74) is 0. The minimum absolute atomic E-state index is 0.119. The molecule has 0 aromatic carbocycles. The molecule has 1 aromatic rings. The van der Waals surface area contributed by atoms with Crippen LogP contribution >= 0.6 is 0 Å². The van der Waals surface area contributed by atoms with Gasteiger partial charge in [0.1, 0.15) is 6.61 Å². The molecule has 2 saturated heterocycles. The van der Waals surface area contributed by atoms with Crippen LogP contribution in [0.25, 0.3) is 0 Å². The average molecular weight is 404 g/mol. The number of carbonyl (C=O) groups excluding carboxylic acids is 1. The third kappa shape index (κ3) is 6.04. The van der Waals surface area contributed by atoms with Crippen LogP contribution in [0.15, 0.2) is 18.5 Å². The van der Waals surface area contributed by atoms with Crippen LogP contribution in [-0.2, 0) is 14.3 Å². The van der Waals surface area contributed by atoms with Gasteiger partial charge in [-0.25, -0.2) is 14.8 Å². The van der Waals surface area contributed by atoms with Crippen LogP contribution < -0.4 is 4.90 Å².